The summed E-state index contributed by atoms with van der Waals surface area (Å²) in [5, 5.41) is 10.1. The van der Waals surface area contributed by atoms with Gasteiger partial charge in [-0.05, 0) is 46.5 Å². The van der Waals surface area contributed by atoms with Gasteiger partial charge in [0.2, 0.25) is 0 Å². The third kappa shape index (κ3) is 3.56. The van der Waals surface area contributed by atoms with Crippen molar-refractivity contribution < 1.29 is 18.7 Å². The van der Waals surface area contributed by atoms with Gasteiger partial charge in [0.05, 0.1) is 12.2 Å². The van der Waals surface area contributed by atoms with Gasteiger partial charge in [0, 0.05) is 0 Å². The molecule has 1 fully saturated rings. The van der Waals surface area contributed by atoms with E-state index in [1.54, 1.807) is 27.7 Å². The molecule has 1 N–H and O–H groups in total. The highest BCUT2D eigenvalue weighted by molar-refractivity contribution is 7.54. The summed E-state index contributed by atoms with van der Waals surface area (Å²) in [5.41, 5.74) is 0. The molecule has 0 aliphatic heterocycles. The Morgan fingerprint density at radius 3 is 1.81 bits per heavy atom. The Morgan fingerprint density at radius 2 is 1.56 bits per heavy atom. The second kappa shape index (κ2) is 5.63. The van der Waals surface area contributed by atoms with E-state index in [9.17, 15) is 9.67 Å². The normalized spacial score (nSPS) is 20.2. The number of aliphatic hydroxyl groups is 1. The largest absolute Gasteiger partial charge is 0.380 e. The molecule has 0 bridgehead atoms. The van der Waals surface area contributed by atoms with E-state index in [4.69, 9.17) is 9.05 Å². The summed E-state index contributed by atoms with van der Waals surface area (Å²) in [6, 6.07) is 0. The molecule has 1 aliphatic carbocycles. The molecule has 1 atom stereocenters. The lowest BCUT2D eigenvalue weighted by Gasteiger charge is -2.35. The monoisotopic (exact) mass is 250 g/mol. The van der Waals surface area contributed by atoms with Crippen LogP contribution in [0, 0.1) is 5.92 Å². The lowest BCUT2D eigenvalue weighted by Crippen LogP contribution is -2.29. The first-order valence-electron chi connectivity index (χ1n) is 5.99. The van der Waals surface area contributed by atoms with Crippen LogP contribution in [0.15, 0.2) is 0 Å². The minimum absolute atomic E-state index is 0.0725. The fourth-order valence-electron chi connectivity index (χ4n) is 1.73. The molecule has 0 aromatic carbocycles. The van der Waals surface area contributed by atoms with Crippen LogP contribution in [0.25, 0.3) is 0 Å². The van der Waals surface area contributed by atoms with Gasteiger partial charge in [0.1, 0.15) is 0 Å². The van der Waals surface area contributed by atoms with E-state index in [1.807, 2.05) is 0 Å². The summed E-state index contributed by atoms with van der Waals surface area (Å²) < 4.78 is 23.2. The Bertz CT molecular complexity index is 247. The molecule has 0 amide bonds. The molecule has 16 heavy (non-hydrogen) atoms. The van der Waals surface area contributed by atoms with Crippen molar-refractivity contribution in [3.63, 3.8) is 0 Å². The molecule has 0 aromatic rings. The van der Waals surface area contributed by atoms with E-state index in [0.717, 1.165) is 19.3 Å². The maximum absolute atomic E-state index is 12.5. The van der Waals surface area contributed by atoms with E-state index in [2.05, 4.69) is 0 Å². The van der Waals surface area contributed by atoms with Crippen LogP contribution in [-0.4, -0.2) is 23.2 Å². The first kappa shape index (κ1) is 14.2. The SMILES string of the molecule is CC(C)OP(=O)(OC(C)C)[C@@H](O)C1CCC1. The van der Waals surface area contributed by atoms with E-state index >= 15 is 0 Å². The molecule has 1 aliphatic rings. The van der Waals surface area contributed by atoms with Gasteiger partial charge in [-0.25, -0.2) is 0 Å². The zero-order valence-corrected chi connectivity index (χ0v) is 11.4. The highest BCUT2D eigenvalue weighted by Crippen LogP contribution is 2.58. The average Bonchev–Trinajstić information content (AvgIpc) is 1.96. The Labute approximate surface area is 97.9 Å². The molecule has 0 radical (unpaired) electrons. The first-order valence-corrected chi connectivity index (χ1v) is 7.61. The molecule has 1 rings (SSSR count). The molecule has 5 heteroatoms. The van der Waals surface area contributed by atoms with Crippen molar-refractivity contribution in [2.75, 3.05) is 0 Å². The summed E-state index contributed by atoms with van der Waals surface area (Å²) in [6.45, 7) is 7.18. The van der Waals surface area contributed by atoms with Gasteiger partial charge in [-0.15, -0.1) is 0 Å². The Kier molecular flexibility index (Phi) is 4.99. The third-order valence-corrected chi connectivity index (χ3v) is 5.11. The van der Waals surface area contributed by atoms with Crippen molar-refractivity contribution in [2.24, 2.45) is 5.92 Å². The highest BCUT2D eigenvalue weighted by atomic mass is 31.2. The molecular weight excluding hydrogens is 227 g/mol. The van der Waals surface area contributed by atoms with Crippen LogP contribution >= 0.6 is 7.60 Å². The number of rotatable bonds is 6. The Balaban J connectivity index is 2.71. The van der Waals surface area contributed by atoms with Crippen molar-refractivity contribution >= 4 is 7.60 Å². The summed E-state index contributed by atoms with van der Waals surface area (Å²) in [5.74, 6) is -0.894. The second-order valence-electron chi connectivity index (χ2n) is 4.95. The smallest absolute Gasteiger partial charge is 0.359 e. The van der Waals surface area contributed by atoms with Crippen LogP contribution in [0.2, 0.25) is 0 Å². The van der Waals surface area contributed by atoms with E-state index in [1.165, 1.54) is 0 Å². The molecule has 96 valence electrons. The van der Waals surface area contributed by atoms with E-state index < -0.39 is 13.4 Å². The van der Waals surface area contributed by atoms with Gasteiger partial charge in [-0.1, -0.05) is 6.42 Å². The van der Waals surface area contributed by atoms with Gasteiger partial charge in [0.15, 0.2) is 5.85 Å². The minimum atomic E-state index is -3.39. The lowest BCUT2D eigenvalue weighted by atomic mass is 9.86. The predicted octanol–water partition coefficient (Wildman–Crippen LogP) is 3.15. The maximum Gasteiger partial charge on any atom is 0.359 e. The van der Waals surface area contributed by atoms with Crippen molar-refractivity contribution in [1.82, 2.24) is 0 Å². The number of hydrogen-bond donors (Lipinski definition) is 1. The van der Waals surface area contributed by atoms with Crippen molar-refractivity contribution in [1.29, 1.82) is 0 Å². The van der Waals surface area contributed by atoms with Gasteiger partial charge in [0.25, 0.3) is 0 Å². The molecule has 0 saturated heterocycles. The predicted molar refractivity (Wildman–Crippen MR) is 63.4 cm³/mol. The minimum Gasteiger partial charge on any atom is -0.380 e. The summed E-state index contributed by atoms with van der Waals surface area (Å²) >= 11 is 0. The third-order valence-electron chi connectivity index (χ3n) is 2.61. The topological polar surface area (TPSA) is 55.8 Å². The van der Waals surface area contributed by atoms with Crippen LogP contribution < -0.4 is 0 Å². The van der Waals surface area contributed by atoms with Gasteiger partial charge in [-0.3, -0.25) is 4.57 Å². The van der Waals surface area contributed by atoms with Crippen LogP contribution in [0.1, 0.15) is 47.0 Å². The Hall–Kier alpha value is 0.110. The molecule has 0 heterocycles. The molecule has 1 saturated carbocycles. The maximum atomic E-state index is 12.5. The fraction of sp³-hybridized carbons (Fsp3) is 1.00. The fourth-order valence-corrected chi connectivity index (χ4v) is 4.02. The van der Waals surface area contributed by atoms with Crippen LogP contribution in [0.5, 0.6) is 0 Å². The molecule has 0 aromatic heterocycles. The quantitative estimate of drug-likeness (QED) is 0.736. The first-order chi connectivity index (χ1) is 7.35. The van der Waals surface area contributed by atoms with E-state index in [0.29, 0.717) is 0 Å². The lowest BCUT2D eigenvalue weighted by molar-refractivity contribution is 0.0573. The van der Waals surface area contributed by atoms with Crippen LogP contribution in [0.3, 0.4) is 0 Å². The summed E-state index contributed by atoms with van der Waals surface area (Å²) in [6.07, 6.45) is 2.49. The van der Waals surface area contributed by atoms with Gasteiger partial charge >= 0.3 is 7.60 Å². The zero-order chi connectivity index (χ0) is 12.3. The zero-order valence-electron chi connectivity index (χ0n) is 10.5. The number of hydrogen-bond acceptors (Lipinski definition) is 4. The Morgan fingerprint density at radius 1 is 1.12 bits per heavy atom. The van der Waals surface area contributed by atoms with Gasteiger partial charge < -0.3 is 14.2 Å². The molecule has 4 nitrogen and oxygen atoms in total. The average molecular weight is 250 g/mol. The van der Waals surface area contributed by atoms with Crippen molar-refractivity contribution in [3.8, 4) is 0 Å². The van der Waals surface area contributed by atoms with Crippen LogP contribution in [-0.2, 0) is 13.6 Å². The van der Waals surface area contributed by atoms with E-state index in [-0.39, 0.29) is 18.1 Å². The molecular formula is C11H23O4P. The van der Waals surface area contributed by atoms with Gasteiger partial charge in [-0.2, -0.15) is 0 Å². The molecule has 0 spiro atoms. The summed E-state index contributed by atoms with van der Waals surface area (Å²) in [4.78, 5) is 0. The standard InChI is InChI=1S/C11H23O4P/c1-8(2)14-16(13,15-9(3)4)11(12)10-6-5-7-10/h8-12H,5-7H2,1-4H3/t11-/m1/s1. The second-order valence-corrected chi connectivity index (χ2v) is 6.98. The van der Waals surface area contributed by atoms with Crippen LogP contribution in [0.4, 0.5) is 0 Å². The van der Waals surface area contributed by atoms with Crippen molar-refractivity contribution in [3.05, 3.63) is 0 Å². The number of aliphatic hydroxyl groups excluding tert-OH is 1. The summed E-state index contributed by atoms with van der Waals surface area (Å²) in [7, 11) is -3.39. The highest BCUT2D eigenvalue weighted by Gasteiger charge is 2.43. The molecule has 0 unspecified atom stereocenters. The van der Waals surface area contributed by atoms with Crippen molar-refractivity contribution in [2.45, 2.75) is 65.0 Å².